The second kappa shape index (κ2) is 9.15. The number of hydrogen-bond donors (Lipinski definition) is 2. The van der Waals surface area contributed by atoms with Crippen molar-refractivity contribution in [3.05, 3.63) is 94.6 Å². The van der Waals surface area contributed by atoms with Crippen LogP contribution in [-0.2, 0) is 4.79 Å². The Balaban J connectivity index is 1.38. The third kappa shape index (κ3) is 4.61. The number of hydrogen-bond acceptors (Lipinski definition) is 6. The van der Waals surface area contributed by atoms with Gasteiger partial charge >= 0.3 is 0 Å². The zero-order chi connectivity index (χ0) is 20.8. The molecular formula is C22H18N4O3S. The van der Waals surface area contributed by atoms with Crippen LogP contribution in [0.5, 0.6) is 0 Å². The van der Waals surface area contributed by atoms with E-state index in [4.69, 9.17) is 4.52 Å². The number of nitrogens with one attached hydrogen (secondary N) is 2. The Labute approximate surface area is 176 Å². The van der Waals surface area contributed by atoms with Crippen LogP contribution in [0.15, 0.2) is 82.8 Å². The maximum absolute atomic E-state index is 12.5. The summed E-state index contributed by atoms with van der Waals surface area (Å²) in [5.74, 6) is -0.334. The van der Waals surface area contributed by atoms with Crippen LogP contribution in [0.1, 0.15) is 27.1 Å². The lowest BCUT2D eigenvalue weighted by Crippen LogP contribution is -2.39. The molecule has 7 nitrogen and oxygen atoms in total. The normalized spacial score (nSPS) is 11.6. The molecule has 0 aliphatic heterocycles. The molecule has 8 heteroatoms. The van der Waals surface area contributed by atoms with Crippen LogP contribution >= 0.6 is 11.3 Å². The average Bonchev–Trinajstić information content (AvgIpc) is 3.50. The monoisotopic (exact) mass is 418 g/mol. The fourth-order valence-electron chi connectivity index (χ4n) is 2.89. The molecule has 0 saturated carbocycles. The zero-order valence-electron chi connectivity index (χ0n) is 15.8. The summed E-state index contributed by atoms with van der Waals surface area (Å²) in [7, 11) is 0. The van der Waals surface area contributed by atoms with Crippen molar-refractivity contribution in [3.8, 4) is 11.3 Å². The standard InChI is InChI=1S/C22H18N4O3S/c27-19(25-20(22-23-11-12-30-22)16-9-5-2-6-10-16)14-24-21(28)17-13-18(29-26-17)15-7-3-1-4-8-15/h1-13,20H,14H2,(H,24,28)(H,25,27). The van der Waals surface area contributed by atoms with Gasteiger partial charge in [0, 0.05) is 23.2 Å². The van der Waals surface area contributed by atoms with Crippen molar-refractivity contribution in [2.45, 2.75) is 6.04 Å². The second-order valence-electron chi connectivity index (χ2n) is 6.41. The summed E-state index contributed by atoms with van der Waals surface area (Å²) in [4.78, 5) is 29.2. The van der Waals surface area contributed by atoms with Gasteiger partial charge in [-0.1, -0.05) is 65.8 Å². The van der Waals surface area contributed by atoms with Gasteiger partial charge in [-0.3, -0.25) is 9.59 Å². The fourth-order valence-corrected chi connectivity index (χ4v) is 3.61. The minimum Gasteiger partial charge on any atom is -0.355 e. The van der Waals surface area contributed by atoms with E-state index in [1.54, 1.807) is 12.3 Å². The molecule has 2 heterocycles. The molecule has 0 aliphatic carbocycles. The maximum Gasteiger partial charge on any atom is 0.273 e. The first-order valence-electron chi connectivity index (χ1n) is 9.25. The van der Waals surface area contributed by atoms with E-state index in [0.717, 1.165) is 16.1 Å². The van der Waals surface area contributed by atoms with Crippen LogP contribution in [0.25, 0.3) is 11.3 Å². The molecule has 0 fully saturated rings. The quantitative estimate of drug-likeness (QED) is 0.479. The zero-order valence-corrected chi connectivity index (χ0v) is 16.6. The lowest BCUT2D eigenvalue weighted by molar-refractivity contribution is -0.120. The molecule has 0 aliphatic rings. The summed E-state index contributed by atoms with van der Waals surface area (Å²) in [6, 6.07) is 20.1. The third-order valence-corrected chi connectivity index (χ3v) is 5.19. The Morgan fingerprint density at radius 3 is 2.47 bits per heavy atom. The van der Waals surface area contributed by atoms with E-state index >= 15 is 0 Å². The summed E-state index contributed by atoms with van der Waals surface area (Å²) >= 11 is 1.45. The Hall–Kier alpha value is -3.78. The molecule has 0 bridgehead atoms. The molecule has 2 aromatic heterocycles. The Kier molecular flexibility index (Phi) is 5.95. The van der Waals surface area contributed by atoms with Crippen LogP contribution in [-0.4, -0.2) is 28.5 Å². The van der Waals surface area contributed by atoms with Crippen molar-refractivity contribution >= 4 is 23.2 Å². The largest absolute Gasteiger partial charge is 0.355 e. The van der Waals surface area contributed by atoms with Gasteiger partial charge in [0.2, 0.25) is 5.91 Å². The van der Waals surface area contributed by atoms with Crippen molar-refractivity contribution in [1.29, 1.82) is 0 Å². The number of nitrogens with zero attached hydrogens (tertiary/aromatic N) is 2. The molecule has 0 spiro atoms. The smallest absolute Gasteiger partial charge is 0.273 e. The highest BCUT2D eigenvalue weighted by Gasteiger charge is 2.20. The lowest BCUT2D eigenvalue weighted by Gasteiger charge is -2.17. The molecule has 2 N–H and O–H groups in total. The van der Waals surface area contributed by atoms with Gasteiger partial charge in [-0.2, -0.15) is 0 Å². The Morgan fingerprint density at radius 1 is 1.03 bits per heavy atom. The number of amides is 2. The summed E-state index contributed by atoms with van der Waals surface area (Å²) in [5.41, 5.74) is 1.84. The average molecular weight is 418 g/mol. The van der Waals surface area contributed by atoms with E-state index in [9.17, 15) is 9.59 Å². The first-order chi connectivity index (χ1) is 14.7. The number of carbonyl (C=O) groups is 2. The van der Waals surface area contributed by atoms with Gasteiger partial charge in [0.1, 0.15) is 11.0 Å². The minimum atomic E-state index is -0.485. The minimum absolute atomic E-state index is 0.112. The fraction of sp³-hybridized carbons (Fsp3) is 0.0909. The van der Waals surface area contributed by atoms with Gasteiger partial charge in [-0.15, -0.1) is 11.3 Å². The Morgan fingerprint density at radius 2 is 1.77 bits per heavy atom. The highest BCUT2D eigenvalue weighted by molar-refractivity contribution is 7.09. The molecule has 4 rings (SSSR count). The first kappa shape index (κ1) is 19.5. The second-order valence-corrected chi connectivity index (χ2v) is 7.33. The van der Waals surface area contributed by atoms with Crippen LogP contribution < -0.4 is 10.6 Å². The predicted octanol–water partition coefficient (Wildman–Crippen LogP) is 3.43. The summed E-state index contributed by atoms with van der Waals surface area (Å²) < 4.78 is 5.23. The molecule has 0 radical (unpaired) electrons. The summed E-state index contributed by atoms with van der Waals surface area (Å²) in [6.45, 7) is -0.193. The van der Waals surface area contributed by atoms with E-state index in [2.05, 4.69) is 20.8 Å². The summed E-state index contributed by atoms with van der Waals surface area (Å²) in [6.07, 6.45) is 1.69. The molecule has 2 amide bonds. The number of benzene rings is 2. The van der Waals surface area contributed by atoms with E-state index in [1.807, 2.05) is 66.0 Å². The number of thiazole rings is 1. The van der Waals surface area contributed by atoms with Crippen LogP contribution in [0.4, 0.5) is 0 Å². The molecule has 30 heavy (non-hydrogen) atoms. The molecule has 1 unspecified atom stereocenters. The highest BCUT2D eigenvalue weighted by Crippen LogP contribution is 2.23. The van der Waals surface area contributed by atoms with Gasteiger partial charge < -0.3 is 15.2 Å². The third-order valence-electron chi connectivity index (χ3n) is 4.35. The van der Waals surface area contributed by atoms with Gasteiger partial charge in [-0.05, 0) is 5.56 Å². The number of rotatable bonds is 7. The van der Waals surface area contributed by atoms with Gasteiger partial charge in [0.15, 0.2) is 11.5 Å². The van der Waals surface area contributed by atoms with Crippen LogP contribution in [0.2, 0.25) is 0 Å². The van der Waals surface area contributed by atoms with Gasteiger partial charge in [0.05, 0.1) is 6.54 Å². The number of carbonyl (C=O) groups excluding carboxylic acids is 2. The van der Waals surface area contributed by atoms with Crippen molar-refractivity contribution in [2.24, 2.45) is 0 Å². The van der Waals surface area contributed by atoms with Crippen LogP contribution in [0, 0.1) is 0 Å². The molecule has 2 aromatic carbocycles. The van der Waals surface area contributed by atoms with Crippen molar-refractivity contribution in [3.63, 3.8) is 0 Å². The molecule has 0 saturated heterocycles. The van der Waals surface area contributed by atoms with E-state index in [-0.39, 0.29) is 24.2 Å². The molecule has 150 valence electrons. The van der Waals surface area contributed by atoms with Crippen molar-refractivity contribution in [1.82, 2.24) is 20.8 Å². The highest BCUT2D eigenvalue weighted by atomic mass is 32.1. The maximum atomic E-state index is 12.5. The topological polar surface area (TPSA) is 97.1 Å². The van der Waals surface area contributed by atoms with E-state index < -0.39 is 5.91 Å². The van der Waals surface area contributed by atoms with Crippen molar-refractivity contribution in [2.75, 3.05) is 6.54 Å². The first-order valence-corrected chi connectivity index (χ1v) is 10.1. The summed E-state index contributed by atoms with van der Waals surface area (Å²) in [5, 5.41) is 11.9. The van der Waals surface area contributed by atoms with Gasteiger partial charge in [-0.25, -0.2) is 4.98 Å². The van der Waals surface area contributed by atoms with Gasteiger partial charge in [0.25, 0.3) is 5.91 Å². The Bertz CT molecular complexity index is 1110. The molecular weight excluding hydrogens is 400 g/mol. The van der Waals surface area contributed by atoms with Crippen molar-refractivity contribution < 1.29 is 14.1 Å². The number of aromatic nitrogens is 2. The van der Waals surface area contributed by atoms with E-state index in [0.29, 0.717) is 5.76 Å². The SMILES string of the molecule is O=C(CNC(=O)c1cc(-c2ccccc2)on1)NC(c1ccccc1)c1nccs1. The van der Waals surface area contributed by atoms with Crippen LogP contribution in [0.3, 0.4) is 0 Å². The molecule has 1 atom stereocenters. The molecule has 4 aromatic rings. The lowest BCUT2D eigenvalue weighted by atomic mass is 10.1. The van der Waals surface area contributed by atoms with E-state index in [1.165, 1.54) is 11.3 Å². The predicted molar refractivity (Wildman–Crippen MR) is 113 cm³/mol.